The SMILES string of the molecule is C=C1C(=O)OCC1C/C=C(\C)CO. The fourth-order valence-corrected chi connectivity index (χ4v) is 1.15. The van der Waals surface area contributed by atoms with Crippen LogP contribution in [0.2, 0.25) is 0 Å². The topological polar surface area (TPSA) is 46.5 Å². The van der Waals surface area contributed by atoms with Crippen LogP contribution in [0.25, 0.3) is 0 Å². The molecular formula is C10H14O3. The maximum Gasteiger partial charge on any atom is 0.333 e. The fraction of sp³-hybridized carbons (Fsp3) is 0.500. The molecule has 0 aromatic carbocycles. The highest BCUT2D eigenvalue weighted by Gasteiger charge is 2.27. The van der Waals surface area contributed by atoms with Gasteiger partial charge in [-0.05, 0) is 13.3 Å². The molecule has 1 atom stereocenters. The number of esters is 1. The molecule has 1 unspecified atom stereocenters. The van der Waals surface area contributed by atoms with Gasteiger partial charge >= 0.3 is 5.97 Å². The average Bonchev–Trinajstić information content (AvgIpc) is 2.44. The first-order valence-electron chi connectivity index (χ1n) is 4.27. The van der Waals surface area contributed by atoms with E-state index in [1.165, 1.54) is 0 Å². The van der Waals surface area contributed by atoms with E-state index >= 15 is 0 Å². The number of aliphatic hydroxyl groups excluding tert-OH is 1. The van der Waals surface area contributed by atoms with Crippen LogP contribution >= 0.6 is 0 Å². The summed E-state index contributed by atoms with van der Waals surface area (Å²) < 4.78 is 4.81. The lowest BCUT2D eigenvalue weighted by Crippen LogP contribution is -2.01. The number of carbonyl (C=O) groups is 1. The Labute approximate surface area is 77.7 Å². The zero-order valence-corrected chi connectivity index (χ0v) is 7.75. The largest absolute Gasteiger partial charge is 0.462 e. The Morgan fingerprint density at radius 3 is 3.00 bits per heavy atom. The molecule has 0 saturated carbocycles. The third-order valence-electron chi connectivity index (χ3n) is 2.17. The Bertz CT molecular complexity index is 253. The molecule has 0 bridgehead atoms. The number of hydrogen-bond donors (Lipinski definition) is 1. The second kappa shape index (κ2) is 4.23. The van der Waals surface area contributed by atoms with E-state index in [0.717, 1.165) is 12.0 Å². The van der Waals surface area contributed by atoms with Gasteiger partial charge in [0.15, 0.2) is 0 Å². The van der Waals surface area contributed by atoms with E-state index in [2.05, 4.69) is 6.58 Å². The zero-order chi connectivity index (χ0) is 9.84. The number of cyclic esters (lactones) is 1. The Balaban J connectivity index is 2.47. The molecule has 1 N–H and O–H groups in total. The van der Waals surface area contributed by atoms with Gasteiger partial charge in [0.1, 0.15) is 0 Å². The zero-order valence-electron chi connectivity index (χ0n) is 7.75. The highest BCUT2D eigenvalue weighted by Crippen LogP contribution is 2.23. The van der Waals surface area contributed by atoms with Gasteiger partial charge in [-0.1, -0.05) is 18.2 Å². The number of hydrogen-bond acceptors (Lipinski definition) is 3. The van der Waals surface area contributed by atoms with E-state index < -0.39 is 0 Å². The highest BCUT2D eigenvalue weighted by molar-refractivity contribution is 5.90. The van der Waals surface area contributed by atoms with E-state index in [-0.39, 0.29) is 18.5 Å². The Morgan fingerprint density at radius 2 is 2.54 bits per heavy atom. The summed E-state index contributed by atoms with van der Waals surface area (Å²) >= 11 is 0. The van der Waals surface area contributed by atoms with Gasteiger partial charge in [0, 0.05) is 11.5 Å². The van der Waals surface area contributed by atoms with Gasteiger partial charge in [0.25, 0.3) is 0 Å². The summed E-state index contributed by atoms with van der Waals surface area (Å²) in [6.45, 7) is 5.99. The van der Waals surface area contributed by atoms with Crippen LogP contribution in [0, 0.1) is 5.92 Å². The Kier molecular flexibility index (Phi) is 3.25. The normalized spacial score (nSPS) is 23.5. The van der Waals surface area contributed by atoms with E-state index in [4.69, 9.17) is 9.84 Å². The third kappa shape index (κ3) is 2.42. The second-order valence-corrected chi connectivity index (χ2v) is 3.26. The van der Waals surface area contributed by atoms with Crippen LogP contribution in [0.5, 0.6) is 0 Å². The first-order valence-corrected chi connectivity index (χ1v) is 4.27. The summed E-state index contributed by atoms with van der Waals surface area (Å²) in [6.07, 6.45) is 2.63. The number of allylic oxidation sites excluding steroid dienone is 1. The van der Waals surface area contributed by atoms with Gasteiger partial charge in [-0.25, -0.2) is 4.79 Å². The molecule has 72 valence electrons. The first kappa shape index (κ1) is 9.99. The van der Waals surface area contributed by atoms with Crippen molar-refractivity contribution in [1.29, 1.82) is 0 Å². The summed E-state index contributed by atoms with van der Waals surface area (Å²) in [7, 11) is 0. The lowest BCUT2D eigenvalue weighted by atomic mass is 9.99. The minimum absolute atomic E-state index is 0.0635. The molecule has 1 saturated heterocycles. The van der Waals surface area contributed by atoms with Crippen LogP contribution < -0.4 is 0 Å². The van der Waals surface area contributed by atoms with Crippen molar-refractivity contribution in [3.63, 3.8) is 0 Å². The van der Waals surface area contributed by atoms with Crippen LogP contribution in [0.3, 0.4) is 0 Å². The van der Waals surface area contributed by atoms with E-state index in [1.807, 2.05) is 13.0 Å². The van der Waals surface area contributed by atoms with Crippen molar-refractivity contribution >= 4 is 5.97 Å². The van der Waals surface area contributed by atoms with Gasteiger partial charge in [0.05, 0.1) is 13.2 Å². The molecule has 0 aliphatic carbocycles. The summed E-state index contributed by atoms with van der Waals surface area (Å²) in [6, 6.07) is 0. The van der Waals surface area contributed by atoms with Crippen molar-refractivity contribution < 1.29 is 14.6 Å². The molecule has 0 radical (unpaired) electrons. The Hall–Kier alpha value is -1.09. The molecule has 3 heteroatoms. The molecule has 0 spiro atoms. The van der Waals surface area contributed by atoms with Crippen LogP contribution in [0.15, 0.2) is 23.8 Å². The molecule has 1 fully saturated rings. The lowest BCUT2D eigenvalue weighted by Gasteiger charge is -2.03. The molecule has 0 aromatic heterocycles. The molecular weight excluding hydrogens is 168 g/mol. The predicted molar refractivity (Wildman–Crippen MR) is 49.0 cm³/mol. The average molecular weight is 182 g/mol. The van der Waals surface area contributed by atoms with Crippen LogP contribution in [0.4, 0.5) is 0 Å². The summed E-state index contributed by atoms with van der Waals surface area (Å²) in [5.74, 6) is -0.200. The van der Waals surface area contributed by atoms with E-state index in [0.29, 0.717) is 12.2 Å². The smallest absolute Gasteiger partial charge is 0.333 e. The fourth-order valence-electron chi connectivity index (χ4n) is 1.15. The minimum Gasteiger partial charge on any atom is -0.462 e. The van der Waals surface area contributed by atoms with Crippen LogP contribution in [-0.2, 0) is 9.53 Å². The van der Waals surface area contributed by atoms with Gasteiger partial charge in [-0.15, -0.1) is 0 Å². The third-order valence-corrected chi connectivity index (χ3v) is 2.17. The van der Waals surface area contributed by atoms with Crippen LogP contribution in [0.1, 0.15) is 13.3 Å². The second-order valence-electron chi connectivity index (χ2n) is 3.26. The monoisotopic (exact) mass is 182 g/mol. The molecule has 3 nitrogen and oxygen atoms in total. The molecule has 0 aromatic rings. The van der Waals surface area contributed by atoms with E-state index in [1.54, 1.807) is 0 Å². The van der Waals surface area contributed by atoms with Crippen molar-refractivity contribution in [2.45, 2.75) is 13.3 Å². The van der Waals surface area contributed by atoms with Crippen LogP contribution in [-0.4, -0.2) is 24.3 Å². The number of aliphatic hydroxyl groups is 1. The number of carbonyl (C=O) groups excluding carboxylic acids is 1. The van der Waals surface area contributed by atoms with Gasteiger partial charge in [-0.2, -0.15) is 0 Å². The molecule has 1 aliphatic rings. The van der Waals surface area contributed by atoms with Crippen molar-refractivity contribution in [3.05, 3.63) is 23.8 Å². The number of rotatable bonds is 3. The lowest BCUT2D eigenvalue weighted by molar-refractivity contribution is -0.135. The summed E-state index contributed by atoms with van der Waals surface area (Å²) in [4.78, 5) is 10.9. The molecule has 13 heavy (non-hydrogen) atoms. The molecule has 1 heterocycles. The first-order chi connectivity index (χ1) is 6.15. The van der Waals surface area contributed by atoms with Crippen molar-refractivity contribution in [2.75, 3.05) is 13.2 Å². The van der Waals surface area contributed by atoms with Gasteiger partial charge < -0.3 is 9.84 Å². The quantitative estimate of drug-likeness (QED) is 0.403. The maximum absolute atomic E-state index is 10.9. The summed E-state index contributed by atoms with van der Waals surface area (Å²) in [5, 5.41) is 8.74. The maximum atomic E-state index is 10.9. The van der Waals surface area contributed by atoms with Crippen molar-refractivity contribution in [2.24, 2.45) is 5.92 Å². The highest BCUT2D eigenvalue weighted by atomic mass is 16.5. The summed E-state index contributed by atoms with van der Waals surface area (Å²) in [5.41, 5.74) is 1.45. The predicted octanol–water partition coefficient (Wildman–Crippen LogP) is 1.04. The molecule has 0 amide bonds. The number of ether oxygens (including phenoxy) is 1. The minimum atomic E-state index is -0.292. The van der Waals surface area contributed by atoms with Crippen molar-refractivity contribution in [3.8, 4) is 0 Å². The molecule has 1 aliphatic heterocycles. The molecule has 1 rings (SSSR count). The van der Waals surface area contributed by atoms with Gasteiger partial charge in [-0.3, -0.25) is 0 Å². The van der Waals surface area contributed by atoms with E-state index in [9.17, 15) is 4.79 Å². The Morgan fingerprint density at radius 1 is 1.85 bits per heavy atom. The standard InChI is InChI=1S/C10H14O3/c1-7(5-11)3-4-9-6-13-10(12)8(9)2/h3,9,11H,2,4-6H2,1H3/b7-3+. The van der Waals surface area contributed by atoms with Crippen molar-refractivity contribution in [1.82, 2.24) is 0 Å². The van der Waals surface area contributed by atoms with Gasteiger partial charge in [0.2, 0.25) is 0 Å².